The molecule has 0 aromatic heterocycles. The third kappa shape index (κ3) is 7.05. The average Bonchev–Trinajstić information content (AvgIpc) is 3.13. The van der Waals surface area contributed by atoms with Gasteiger partial charge in [-0.3, -0.25) is 0 Å². The number of hydrogen-bond acceptors (Lipinski definition) is 2. The van der Waals surface area contributed by atoms with Crippen molar-refractivity contribution in [2.24, 2.45) is 0 Å². The Morgan fingerprint density at radius 2 is 1.71 bits per heavy atom. The van der Waals surface area contributed by atoms with Gasteiger partial charge < -0.3 is 10.2 Å². The normalized spacial score (nSPS) is 16.1. The van der Waals surface area contributed by atoms with Gasteiger partial charge in [0.2, 0.25) is 0 Å². The second-order valence-electron chi connectivity index (χ2n) is 5.59. The minimum absolute atomic E-state index is 0.798. The molecule has 1 N–H and O–H groups in total. The van der Waals surface area contributed by atoms with E-state index in [9.17, 15) is 0 Å². The summed E-state index contributed by atoms with van der Waals surface area (Å²) in [6, 6.07) is 1.68. The lowest BCUT2D eigenvalue weighted by atomic mass is 10.1. The van der Waals surface area contributed by atoms with Gasteiger partial charge in [-0.15, -0.1) is 0 Å². The summed E-state index contributed by atoms with van der Waals surface area (Å²) < 4.78 is 0. The first kappa shape index (κ1) is 15.0. The van der Waals surface area contributed by atoms with E-state index in [0.717, 1.165) is 12.1 Å². The first-order valence-electron chi connectivity index (χ1n) is 7.71. The van der Waals surface area contributed by atoms with E-state index in [0.29, 0.717) is 0 Å². The largest absolute Gasteiger partial charge is 0.314 e. The molecule has 0 unspecified atom stereocenters. The molecule has 1 saturated carbocycles. The molecular formula is C15H32N2. The fourth-order valence-electron chi connectivity index (χ4n) is 2.53. The maximum Gasteiger partial charge on any atom is 0.00869 e. The molecule has 0 atom stereocenters. The summed E-state index contributed by atoms with van der Waals surface area (Å²) >= 11 is 0. The molecule has 0 bridgehead atoms. The summed E-state index contributed by atoms with van der Waals surface area (Å²) in [5.41, 5.74) is 0. The lowest BCUT2D eigenvalue weighted by Gasteiger charge is -2.25. The number of unbranched alkanes of at least 4 members (excludes halogenated alkanes) is 3. The minimum atomic E-state index is 0.798. The Morgan fingerprint density at radius 3 is 2.29 bits per heavy atom. The van der Waals surface area contributed by atoms with Crippen LogP contribution in [0.3, 0.4) is 0 Å². The fraction of sp³-hybridized carbons (Fsp3) is 1.00. The van der Waals surface area contributed by atoms with Crippen LogP contribution in [-0.4, -0.2) is 37.1 Å². The number of rotatable bonds is 11. The molecule has 1 aliphatic rings. The molecule has 102 valence electrons. The van der Waals surface area contributed by atoms with Crippen molar-refractivity contribution in [2.45, 2.75) is 77.3 Å². The molecule has 0 radical (unpaired) electrons. The first-order chi connectivity index (χ1) is 8.27. The Balaban J connectivity index is 1.84. The van der Waals surface area contributed by atoms with Crippen LogP contribution < -0.4 is 5.32 Å². The van der Waals surface area contributed by atoms with Crippen LogP contribution in [0.1, 0.15) is 65.2 Å². The van der Waals surface area contributed by atoms with Crippen LogP contribution in [0, 0.1) is 0 Å². The van der Waals surface area contributed by atoms with E-state index < -0.39 is 0 Å². The van der Waals surface area contributed by atoms with E-state index in [2.05, 4.69) is 31.1 Å². The van der Waals surface area contributed by atoms with Crippen molar-refractivity contribution < 1.29 is 0 Å². The van der Waals surface area contributed by atoms with Crippen LogP contribution >= 0.6 is 0 Å². The van der Waals surface area contributed by atoms with Gasteiger partial charge in [-0.25, -0.2) is 0 Å². The molecule has 0 heterocycles. The van der Waals surface area contributed by atoms with Gasteiger partial charge in [0.05, 0.1) is 0 Å². The van der Waals surface area contributed by atoms with E-state index in [-0.39, 0.29) is 0 Å². The minimum Gasteiger partial charge on any atom is -0.314 e. The molecule has 0 aromatic rings. The number of hydrogen-bond donors (Lipinski definition) is 1. The van der Waals surface area contributed by atoms with Gasteiger partial charge in [-0.2, -0.15) is 0 Å². The summed E-state index contributed by atoms with van der Waals surface area (Å²) in [6.45, 7) is 7.12. The molecular weight excluding hydrogens is 208 g/mol. The molecule has 0 saturated heterocycles. The van der Waals surface area contributed by atoms with Crippen molar-refractivity contribution in [3.05, 3.63) is 0 Å². The van der Waals surface area contributed by atoms with Crippen LogP contribution in [-0.2, 0) is 0 Å². The van der Waals surface area contributed by atoms with Crippen molar-refractivity contribution in [1.82, 2.24) is 10.2 Å². The molecule has 2 nitrogen and oxygen atoms in total. The van der Waals surface area contributed by atoms with Gasteiger partial charge in [0.15, 0.2) is 0 Å². The SMILES string of the molecule is CCC(CC)N(C)CCCCCCNC1CC1. The van der Waals surface area contributed by atoms with Gasteiger partial charge in [0, 0.05) is 12.1 Å². The highest BCUT2D eigenvalue weighted by atomic mass is 15.1. The van der Waals surface area contributed by atoms with Crippen LogP contribution in [0.15, 0.2) is 0 Å². The van der Waals surface area contributed by atoms with Crippen molar-refractivity contribution in [2.75, 3.05) is 20.1 Å². The Bertz CT molecular complexity index is 174. The summed E-state index contributed by atoms with van der Waals surface area (Å²) in [7, 11) is 2.28. The Kier molecular flexibility index (Phi) is 7.87. The molecule has 0 spiro atoms. The summed E-state index contributed by atoms with van der Waals surface area (Å²) in [6.07, 6.45) is 11.0. The molecule has 0 aromatic carbocycles. The Morgan fingerprint density at radius 1 is 1.06 bits per heavy atom. The van der Waals surface area contributed by atoms with Crippen molar-refractivity contribution >= 4 is 0 Å². The molecule has 17 heavy (non-hydrogen) atoms. The zero-order valence-electron chi connectivity index (χ0n) is 12.2. The highest BCUT2D eigenvalue weighted by molar-refractivity contribution is 4.80. The van der Waals surface area contributed by atoms with E-state index in [1.807, 2.05) is 0 Å². The van der Waals surface area contributed by atoms with Crippen molar-refractivity contribution in [3.63, 3.8) is 0 Å². The van der Waals surface area contributed by atoms with Gasteiger partial charge in [0.25, 0.3) is 0 Å². The molecule has 1 fully saturated rings. The molecule has 0 aliphatic heterocycles. The maximum absolute atomic E-state index is 3.58. The fourth-order valence-corrected chi connectivity index (χ4v) is 2.53. The summed E-state index contributed by atoms with van der Waals surface area (Å²) in [5, 5.41) is 3.58. The second-order valence-corrected chi connectivity index (χ2v) is 5.59. The van der Waals surface area contributed by atoms with Crippen molar-refractivity contribution in [3.8, 4) is 0 Å². The van der Waals surface area contributed by atoms with E-state index in [1.165, 1.54) is 64.5 Å². The molecule has 1 rings (SSSR count). The van der Waals surface area contributed by atoms with Gasteiger partial charge in [-0.05, 0) is 58.7 Å². The average molecular weight is 240 g/mol. The Hall–Kier alpha value is -0.0800. The van der Waals surface area contributed by atoms with Gasteiger partial charge >= 0.3 is 0 Å². The molecule has 2 heteroatoms. The molecule has 1 aliphatic carbocycles. The van der Waals surface area contributed by atoms with Crippen LogP contribution in [0.25, 0.3) is 0 Å². The van der Waals surface area contributed by atoms with E-state index in [4.69, 9.17) is 0 Å². The van der Waals surface area contributed by atoms with Crippen LogP contribution in [0.5, 0.6) is 0 Å². The van der Waals surface area contributed by atoms with Gasteiger partial charge in [0.1, 0.15) is 0 Å². The van der Waals surface area contributed by atoms with Crippen LogP contribution in [0.2, 0.25) is 0 Å². The smallest absolute Gasteiger partial charge is 0.00869 e. The third-order valence-corrected chi connectivity index (χ3v) is 4.01. The second kappa shape index (κ2) is 8.93. The maximum atomic E-state index is 3.58. The lowest BCUT2D eigenvalue weighted by molar-refractivity contribution is 0.225. The zero-order valence-corrected chi connectivity index (χ0v) is 12.2. The predicted octanol–water partition coefficient (Wildman–Crippen LogP) is 3.42. The van der Waals surface area contributed by atoms with Gasteiger partial charge in [-0.1, -0.05) is 26.7 Å². The number of nitrogens with one attached hydrogen (secondary N) is 1. The van der Waals surface area contributed by atoms with Crippen LogP contribution in [0.4, 0.5) is 0 Å². The predicted molar refractivity (Wildman–Crippen MR) is 76.5 cm³/mol. The number of nitrogens with zero attached hydrogens (tertiary/aromatic N) is 1. The quantitative estimate of drug-likeness (QED) is 0.557. The lowest BCUT2D eigenvalue weighted by Crippen LogP contribution is -2.31. The monoisotopic (exact) mass is 240 g/mol. The highest BCUT2D eigenvalue weighted by Gasteiger charge is 2.19. The van der Waals surface area contributed by atoms with E-state index >= 15 is 0 Å². The van der Waals surface area contributed by atoms with E-state index in [1.54, 1.807) is 0 Å². The first-order valence-corrected chi connectivity index (χ1v) is 7.71. The zero-order chi connectivity index (χ0) is 12.5. The standard InChI is InChI=1S/C15H32N2/c1-4-15(5-2)17(3)13-9-7-6-8-12-16-14-10-11-14/h14-16H,4-13H2,1-3H3. The summed E-state index contributed by atoms with van der Waals surface area (Å²) in [5.74, 6) is 0. The summed E-state index contributed by atoms with van der Waals surface area (Å²) in [4.78, 5) is 2.54. The third-order valence-electron chi connectivity index (χ3n) is 4.01. The van der Waals surface area contributed by atoms with Crippen molar-refractivity contribution in [1.29, 1.82) is 0 Å². The Labute approximate surface area is 108 Å². The molecule has 0 amide bonds. The topological polar surface area (TPSA) is 15.3 Å². The highest BCUT2D eigenvalue weighted by Crippen LogP contribution is 2.18.